The van der Waals surface area contributed by atoms with Crippen molar-refractivity contribution < 1.29 is 34.1 Å². The van der Waals surface area contributed by atoms with Crippen LogP contribution in [0, 0.1) is 0 Å². The van der Waals surface area contributed by atoms with Crippen LogP contribution in [-0.4, -0.2) is 41.0 Å². The number of rotatable bonds is 5. The first kappa shape index (κ1) is 20.6. The molecule has 3 aromatic rings. The van der Waals surface area contributed by atoms with Gasteiger partial charge in [-0.2, -0.15) is 0 Å². The van der Waals surface area contributed by atoms with E-state index in [0.29, 0.717) is 5.69 Å². The topological polar surface area (TPSA) is 133 Å². The number of nitrogens with one attached hydrogen (secondary N) is 1. The summed E-state index contributed by atoms with van der Waals surface area (Å²) < 4.78 is 4.96. The van der Waals surface area contributed by atoms with Crippen LogP contribution in [0.1, 0.15) is 41.4 Å². The lowest BCUT2D eigenvalue weighted by atomic mass is 10.1. The minimum atomic E-state index is -1.21. The molecule has 1 aliphatic rings. The van der Waals surface area contributed by atoms with Crippen LogP contribution >= 0.6 is 0 Å². The predicted octanol–water partition coefficient (Wildman–Crippen LogP) is 3.15. The highest BCUT2D eigenvalue weighted by molar-refractivity contribution is 6.34. The Bertz CT molecular complexity index is 1300. The smallest absolute Gasteiger partial charge is 0.335 e. The van der Waals surface area contributed by atoms with Gasteiger partial charge in [0.1, 0.15) is 0 Å². The van der Waals surface area contributed by atoms with E-state index in [9.17, 15) is 24.3 Å². The highest BCUT2D eigenvalue weighted by atomic mass is 16.5. The van der Waals surface area contributed by atoms with Crippen molar-refractivity contribution in [3.8, 4) is 11.5 Å². The van der Waals surface area contributed by atoms with Crippen molar-refractivity contribution in [2.75, 3.05) is 17.3 Å². The van der Waals surface area contributed by atoms with E-state index in [1.54, 1.807) is 6.07 Å². The molecule has 1 aliphatic heterocycles. The second kappa shape index (κ2) is 7.88. The van der Waals surface area contributed by atoms with Crippen LogP contribution in [0.15, 0.2) is 60.7 Å². The second-order valence-electron chi connectivity index (χ2n) is 6.90. The first-order valence-electron chi connectivity index (χ1n) is 9.34. The maximum Gasteiger partial charge on any atom is 0.335 e. The number of nitrogens with zero attached hydrogens (tertiary/aromatic N) is 1. The van der Waals surface area contributed by atoms with Crippen LogP contribution in [-0.2, 0) is 0 Å². The van der Waals surface area contributed by atoms with Crippen molar-refractivity contribution in [1.29, 1.82) is 0 Å². The Morgan fingerprint density at radius 2 is 1.66 bits per heavy atom. The van der Waals surface area contributed by atoms with E-state index in [-0.39, 0.29) is 39.4 Å². The molecule has 9 nitrogen and oxygen atoms in total. The van der Waals surface area contributed by atoms with E-state index in [0.717, 1.165) is 11.0 Å². The lowest BCUT2D eigenvalue weighted by Crippen LogP contribution is -2.29. The number of hydrogen-bond acceptors (Lipinski definition) is 6. The molecule has 0 saturated carbocycles. The first-order chi connectivity index (χ1) is 15.3. The number of aromatic carboxylic acids is 1. The number of phenolic OH excluding ortho intramolecular Hbond substituents is 1. The number of carboxylic acids is 1. The van der Waals surface area contributed by atoms with Crippen LogP contribution in [0.5, 0.6) is 11.5 Å². The maximum absolute atomic E-state index is 12.8. The van der Waals surface area contributed by atoms with Gasteiger partial charge >= 0.3 is 5.97 Å². The Morgan fingerprint density at radius 1 is 0.906 bits per heavy atom. The molecule has 0 radical (unpaired) electrons. The van der Waals surface area contributed by atoms with Crippen LogP contribution in [0.3, 0.4) is 0 Å². The molecule has 0 aliphatic carbocycles. The summed E-state index contributed by atoms with van der Waals surface area (Å²) in [4.78, 5) is 50.4. The molecule has 0 saturated heterocycles. The summed E-state index contributed by atoms with van der Waals surface area (Å²) in [7, 11) is 1.40. The highest BCUT2D eigenvalue weighted by Crippen LogP contribution is 2.31. The fourth-order valence-corrected chi connectivity index (χ4v) is 3.37. The third kappa shape index (κ3) is 3.52. The molecule has 32 heavy (non-hydrogen) atoms. The van der Waals surface area contributed by atoms with Crippen LogP contribution in [0.25, 0.3) is 0 Å². The van der Waals surface area contributed by atoms with Crippen molar-refractivity contribution in [3.63, 3.8) is 0 Å². The minimum absolute atomic E-state index is 0.0153. The number of benzene rings is 3. The summed E-state index contributed by atoms with van der Waals surface area (Å²) in [5.41, 5.74) is 0.615. The average molecular weight is 432 g/mol. The lowest BCUT2D eigenvalue weighted by Gasteiger charge is -2.15. The number of hydrogen-bond donors (Lipinski definition) is 3. The number of imide groups is 1. The molecule has 3 N–H and O–H groups in total. The number of amides is 3. The van der Waals surface area contributed by atoms with Crippen molar-refractivity contribution in [3.05, 3.63) is 82.9 Å². The molecule has 0 aromatic heterocycles. The van der Waals surface area contributed by atoms with Crippen molar-refractivity contribution in [2.24, 2.45) is 0 Å². The van der Waals surface area contributed by atoms with Crippen LogP contribution in [0.2, 0.25) is 0 Å². The van der Waals surface area contributed by atoms with Gasteiger partial charge in [0.25, 0.3) is 17.7 Å². The summed E-state index contributed by atoms with van der Waals surface area (Å²) >= 11 is 0. The van der Waals surface area contributed by atoms with Gasteiger partial charge in [0, 0.05) is 17.3 Å². The minimum Gasteiger partial charge on any atom is -0.504 e. The molecular formula is C23H16N2O7. The highest BCUT2D eigenvalue weighted by Gasteiger charge is 2.37. The SMILES string of the molecule is COc1ccc(NC(=O)c2cccc(N3C(=O)c4ccc(C(=O)O)cc4C3=O)c2)cc1O. The molecule has 0 atom stereocenters. The molecule has 160 valence electrons. The fourth-order valence-electron chi connectivity index (χ4n) is 3.37. The number of anilines is 2. The Kier molecular flexibility index (Phi) is 5.07. The van der Waals surface area contributed by atoms with Gasteiger partial charge in [0.2, 0.25) is 0 Å². The van der Waals surface area contributed by atoms with Gasteiger partial charge in [-0.3, -0.25) is 14.4 Å². The third-order valence-corrected chi connectivity index (χ3v) is 4.94. The van der Waals surface area contributed by atoms with Crippen molar-refractivity contribution in [1.82, 2.24) is 0 Å². The Labute approximate surface area is 181 Å². The van der Waals surface area contributed by atoms with Crippen LogP contribution in [0.4, 0.5) is 11.4 Å². The average Bonchev–Trinajstić information content (AvgIpc) is 3.03. The zero-order chi connectivity index (χ0) is 23.0. The molecular weight excluding hydrogens is 416 g/mol. The third-order valence-electron chi connectivity index (χ3n) is 4.94. The summed E-state index contributed by atoms with van der Waals surface area (Å²) in [5, 5.41) is 21.6. The molecule has 0 bridgehead atoms. The largest absolute Gasteiger partial charge is 0.504 e. The molecule has 3 aromatic carbocycles. The number of carboxylic acid groups (broad SMARTS) is 1. The number of phenols is 1. The van der Waals surface area contributed by atoms with E-state index in [1.807, 2.05) is 0 Å². The van der Waals surface area contributed by atoms with Gasteiger partial charge in [-0.15, -0.1) is 0 Å². The molecule has 0 spiro atoms. The van der Waals surface area contributed by atoms with Crippen LogP contribution < -0.4 is 15.0 Å². The monoisotopic (exact) mass is 432 g/mol. The molecule has 4 rings (SSSR count). The van der Waals surface area contributed by atoms with Gasteiger partial charge in [0.15, 0.2) is 11.5 Å². The van der Waals surface area contributed by atoms with Crippen molar-refractivity contribution in [2.45, 2.75) is 0 Å². The Balaban J connectivity index is 1.61. The standard InChI is InChI=1S/C23H16N2O7/c1-32-19-8-6-14(11-18(19)26)24-20(27)12-3-2-4-15(9-12)25-21(28)16-7-5-13(23(30)31)10-17(16)22(25)29/h2-11,26H,1H3,(H,24,27)(H,30,31). The van der Waals surface area contributed by atoms with Gasteiger partial charge in [-0.05, 0) is 48.5 Å². The Hall–Kier alpha value is -4.66. The molecule has 9 heteroatoms. The number of fused-ring (bicyclic) bond motifs is 1. The maximum atomic E-state index is 12.8. The summed E-state index contributed by atoms with van der Waals surface area (Å²) in [6.45, 7) is 0. The molecule has 1 heterocycles. The van der Waals surface area contributed by atoms with Gasteiger partial charge in [-0.1, -0.05) is 6.07 Å². The predicted molar refractivity (Wildman–Crippen MR) is 114 cm³/mol. The van der Waals surface area contributed by atoms with Crippen molar-refractivity contribution >= 4 is 35.1 Å². The number of carbonyl (C=O) groups is 4. The van der Waals surface area contributed by atoms with E-state index in [2.05, 4.69) is 5.32 Å². The number of methoxy groups -OCH3 is 1. The van der Waals surface area contributed by atoms with E-state index in [4.69, 9.17) is 9.84 Å². The normalized spacial score (nSPS) is 12.5. The van der Waals surface area contributed by atoms with Gasteiger partial charge in [-0.25, -0.2) is 9.69 Å². The zero-order valence-electron chi connectivity index (χ0n) is 16.7. The molecule has 0 unspecified atom stereocenters. The quantitative estimate of drug-likeness (QED) is 0.528. The van der Waals surface area contributed by atoms with E-state index < -0.39 is 23.7 Å². The zero-order valence-corrected chi connectivity index (χ0v) is 16.7. The molecule has 0 fully saturated rings. The second-order valence-corrected chi connectivity index (χ2v) is 6.90. The number of ether oxygens (including phenoxy) is 1. The van der Waals surface area contributed by atoms with Gasteiger partial charge in [0.05, 0.1) is 29.5 Å². The molecule has 3 amide bonds. The Morgan fingerprint density at radius 3 is 2.34 bits per heavy atom. The lowest BCUT2D eigenvalue weighted by molar-refractivity contribution is 0.0696. The van der Waals surface area contributed by atoms with Gasteiger partial charge < -0.3 is 20.3 Å². The number of carbonyl (C=O) groups excluding carboxylic acids is 3. The first-order valence-corrected chi connectivity index (χ1v) is 9.34. The number of aromatic hydroxyl groups is 1. The summed E-state index contributed by atoms with van der Waals surface area (Å²) in [6, 6.07) is 14.0. The van der Waals surface area contributed by atoms with E-state index in [1.165, 1.54) is 55.6 Å². The van der Waals surface area contributed by atoms with E-state index >= 15 is 0 Å². The fraction of sp³-hybridized carbons (Fsp3) is 0.0435. The summed E-state index contributed by atoms with van der Waals surface area (Å²) in [5.74, 6) is -2.92. The summed E-state index contributed by atoms with van der Waals surface area (Å²) in [6.07, 6.45) is 0.